The van der Waals surface area contributed by atoms with E-state index in [1.807, 2.05) is 30.3 Å². The lowest BCUT2D eigenvalue weighted by molar-refractivity contribution is -0.386. The molecule has 0 saturated heterocycles. The number of ether oxygens (including phenoxy) is 1. The van der Waals surface area contributed by atoms with E-state index in [0.717, 1.165) is 19.0 Å². The Hall–Kier alpha value is -2.70. The van der Waals surface area contributed by atoms with Gasteiger partial charge in [0.25, 0.3) is 5.88 Å². The van der Waals surface area contributed by atoms with Crippen LogP contribution in [0, 0.1) is 10.1 Å². The van der Waals surface area contributed by atoms with Gasteiger partial charge in [0.05, 0.1) is 11.5 Å². The van der Waals surface area contributed by atoms with Crippen LogP contribution in [0.5, 0.6) is 5.88 Å². The Balaban J connectivity index is 1.94. The smallest absolute Gasteiger partial charge is 0.349 e. The molecule has 0 fully saturated rings. The maximum absolute atomic E-state index is 10.9. The van der Waals surface area contributed by atoms with Gasteiger partial charge in [-0.1, -0.05) is 30.3 Å². The van der Waals surface area contributed by atoms with Crippen LogP contribution in [0.2, 0.25) is 0 Å². The zero-order chi connectivity index (χ0) is 15.1. The van der Waals surface area contributed by atoms with Crippen molar-refractivity contribution in [3.63, 3.8) is 0 Å². The molecule has 7 nitrogen and oxygen atoms in total. The van der Waals surface area contributed by atoms with Crippen molar-refractivity contribution in [3.8, 4) is 5.88 Å². The SMILES string of the molecule is CNc1ncc([N+](=O)[O-])c(OCCCc2ccccc2)n1. The molecule has 0 unspecified atom stereocenters. The summed E-state index contributed by atoms with van der Waals surface area (Å²) >= 11 is 0. The maximum Gasteiger partial charge on any atom is 0.349 e. The molecule has 1 aromatic heterocycles. The largest absolute Gasteiger partial charge is 0.473 e. The molecule has 1 heterocycles. The Morgan fingerprint density at radius 3 is 2.76 bits per heavy atom. The molecule has 21 heavy (non-hydrogen) atoms. The van der Waals surface area contributed by atoms with Gasteiger partial charge in [-0.2, -0.15) is 4.98 Å². The third kappa shape index (κ3) is 4.13. The minimum atomic E-state index is -0.550. The highest BCUT2D eigenvalue weighted by atomic mass is 16.6. The molecular weight excluding hydrogens is 272 g/mol. The van der Waals surface area contributed by atoms with Gasteiger partial charge in [0.15, 0.2) is 0 Å². The van der Waals surface area contributed by atoms with E-state index in [9.17, 15) is 10.1 Å². The topological polar surface area (TPSA) is 90.2 Å². The normalized spacial score (nSPS) is 10.1. The highest BCUT2D eigenvalue weighted by Gasteiger charge is 2.18. The van der Waals surface area contributed by atoms with Gasteiger partial charge in [-0.25, -0.2) is 4.98 Å². The number of hydrogen-bond donors (Lipinski definition) is 1. The molecule has 0 saturated carbocycles. The fraction of sp³-hybridized carbons (Fsp3) is 0.286. The summed E-state index contributed by atoms with van der Waals surface area (Å²) in [5, 5.41) is 13.6. The van der Waals surface area contributed by atoms with Crippen molar-refractivity contribution in [2.45, 2.75) is 12.8 Å². The third-order valence-corrected chi connectivity index (χ3v) is 2.85. The van der Waals surface area contributed by atoms with Crippen molar-refractivity contribution in [1.82, 2.24) is 9.97 Å². The van der Waals surface area contributed by atoms with Gasteiger partial charge in [0, 0.05) is 7.05 Å². The number of nitro groups is 1. The second-order valence-corrected chi connectivity index (χ2v) is 4.33. The highest BCUT2D eigenvalue weighted by Crippen LogP contribution is 2.24. The predicted molar refractivity (Wildman–Crippen MR) is 78.5 cm³/mol. The fourth-order valence-electron chi connectivity index (χ4n) is 1.80. The fourth-order valence-corrected chi connectivity index (χ4v) is 1.80. The Morgan fingerprint density at radius 2 is 2.10 bits per heavy atom. The van der Waals surface area contributed by atoms with Gasteiger partial charge in [0.1, 0.15) is 6.20 Å². The summed E-state index contributed by atoms with van der Waals surface area (Å²) in [6.07, 6.45) is 2.74. The van der Waals surface area contributed by atoms with Gasteiger partial charge >= 0.3 is 5.69 Å². The van der Waals surface area contributed by atoms with E-state index in [1.54, 1.807) is 7.05 Å². The average Bonchev–Trinajstić information content (AvgIpc) is 2.52. The van der Waals surface area contributed by atoms with Gasteiger partial charge < -0.3 is 10.1 Å². The molecule has 0 amide bonds. The zero-order valence-electron chi connectivity index (χ0n) is 11.7. The monoisotopic (exact) mass is 288 g/mol. The lowest BCUT2D eigenvalue weighted by Gasteiger charge is -2.07. The summed E-state index contributed by atoms with van der Waals surface area (Å²) in [4.78, 5) is 18.1. The second-order valence-electron chi connectivity index (χ2n) is 4.33. The van der Waals surface area contributed by atoms with Gasteiger partial charge in [-0.3, -0.25) is 10.1 Å². The summed E-state index contributed by atoms with van der Waals surface area (Å²) in [6.45, 7) is 0.357. The molecule has 0 atom stereocenters. The first-order valence-electron chi connectivity index (χ1n) is 6.56. The Bertz CT molecular complexity index is 604. The highest BCUT2D eigenvalue weighted by molar-refractivity contribution is 5.42. The van der Waals surface area contributed by atoms with Crippen LogP contribution < -0.4 is 10.1 Å². The summed E-state index contributed by atoms with van der Waals surface area (Å²) in [5.41, 5.74) is 0.975. The van der Waals surface area contributed by atoms with E-state index in [-0.39, 0.29) is 11.6 Å². The summed E-state index contributed by atoms with van der Waals surface area (Å²) in [5.74, 6) is 0.283. The van der Waals surface area contributed by atoms with Crippen molar-refractivity contribution >= 4 is 11.6 Å². The molecule has 0 aliphatic carbocycles. The van der Waals surface area contributed by atoms with E-state index in [1.165, 1.54) is 5.56 Å². The summed E-state index contributed by atoms with van der Waals surface area (Å²) in [6, 6.07) is 9.98. The van der Waals surface area contributed by atoms with Gasteiger partial charge in [-0.05, 0) is 18.4 Å². The van der Waals surface area contributed by atoms with E-state index >= 15 is 0 Å². The molecule has 2 aromatic rings. The van der Waals surface area contributed by atoms with Crippen LogP contribution in [0.1, 0.15) is 12.0 Å². The van der Waals surface area contributed by atoms with Crippen molar-refractivity contribution in [3.05, 3.63) is 52.2 Å². The molecule has 2 rings (SSSR count). The van der Waals surface area contributed by atoms with Gasteiger partial charge in [0.2, 0.25) is 5.95 Å². The quantitative estimate of drug-likeness (QED) is 0.478. The zero-order valence-corrected chi connectivity index (χ0v) is 11.7. The Kier molecular flexibility index (Phi) is 5.03. The van der Waals surface area contributed by atoms with Crippen LogP contribution >= 0.6 is 0 Å². The molecule has 1 N–H and O–H groups in total. The molecular formula is C14H16N4O3. The minimum Gasteiger partial charge on any atom is -0.473 e. The molecule has 1 aromatic carbocycles. The molecule has 0 spiro atoms. The average molecular weight is 288 g/mol. The van der Waals surface area contributed by atoms with Crippen molar-refractivity contribution < 1.29 is 9.66 Å². The predicted octanol–water partition coefficient (Wildman–Crippen LogP) is 2.44. The number of rotatable bonds is 7. The second kappa shape index (κ2) is 7.18. The molecule has 0 bridgehead atoms. The number of hydrogen-bond acceptors (Lipinski definition) is 6. The summed E-state index contributed by atoms with van der Waals surface area (Å²) in [7, 11) is 1.64. The van der Waals surface area contributed by atoms with Crippen LogP contribution in [0.4, 0.5) is 11.6 Å². The lowest BCUT2D eigenvalue weighted by atomic mass is 10.1. The molecule has 7 heteroatoms. The first kappa shape index (κ1) is 14.7. The molecule has 0 aliphatic heterocycles. The van der Waals surface area contributed by atoms with Crippen LogP contribution in [0.25, 0.3) is 0 Å². The Labute approximate surface area is 122 Å². The van der Waals surface area contributed by atoms with E-state index in [0.29, 0.717) is 12.6 Å². The third-order valence-electron chi connectivity index (χ3n) is 2.85. The molecule has 0 aliphatic rings. The van der Waals surface area contributed by atoms with E-state index in [2.05, 4.69) is 15.3 Å². The summed E-state index contributed by atoms with van der Waals surface area (Å²) < 4.78 is 5.43. The van der Waals surface area contributed by atoms with E-state index in [4.69, 9.17) is 4.74 Å². The number of nitrogens with one attached hydrogen (secondary N) is 1. The van der Waals surface area contributed by atoms with Crippen LogP contribution in [-0.4, -0.2) is 28.5 Å². The number of anilines is 1. The minimum absolute atomic E-state index is 0.00703. The molecule has 110 valence electrons. The van der Waals surface area contributed by atoms with Crippen molar-refractivity contribution in [2.75, 3.05) is 19.0 Å². The standard InChI is InChI=1S/C14H16N4O3/c1-15-14-16-10-12(18(19)20)13(17-14)21-9-5-8-11-6-3-2-4-7-11/h2-4,6-7,10H,5,8-9H2,1H3,(H,15,16,17). The number of aromatic nitrogens is 2. The van der Waals surface area contributed by atoms with Gasteiger partial charge in [-0.15, -0.1) is 0 Å². The maximum atomic E-state index is 10.9. The van der Waals surface area contributed by atoms with Crippen LogP contribution in [0.15, 0.2) is 36.5 Å². The number of benzene rings is 1. The molecule has 0 radical (unpaired) electrons. The number of nitrogens with zero attached hydrogens (tertiary/aromatic N) is 3. The first-order valence-corrected chi connectivity index (χ1v) is 6.56. The van der Waals surface area contributed by atoms with Crippen LogP contribution in [-0.2, 0) is 6.42 Å². The van der Waals surface area contributed by atoms with Crippen LogP contribution in [0.3, 0.4) is 0 Å². The number of aryl methyl sites for hydroxylation is 1. The van der Waals surface area contributed by atoms with E-state index < -0.39 is 4.92 Å². The Morgan fingerprint density at radius 1 is 1.33 bits per heavy atom. The van der Waals surface area contributed by atoms with Crippen molar-refractivity contribution in [2.24, 2.45) is 0 Å². The lowest BCUT2D eigenvalue weighted by Crippen LogP contribution is -2.06. The van der Waals surface area contributed by atoms with Crippen molar-refractivity contribution in [1.29, 1.82) is 0 Å². The first-order chi connectivity index (χ1) is 10.2.